The molecule has 0 unspecified atom stereocenters. The Morgan fingerprint density at radius 1 is 1.36 bits per heavy atom. The molecule has 1 aromatic heterocycles. The van der Waals surface area contributed by atoms with Crippen LogP contribution in [0.5, 0.6) is 0 Å². The second kappa shape index (κ2) is 6.89. The summed E-state index contributed by atoms with van der Waals surface area (Å²) in [6.07, 6.45) is 6.11. The van der Waals surface area contributed by atoms with Gasteiger partial charge in [0.2, 0.25) is 5.91 Å². The zero-order valence-corrected chi connectivity index (χ0v) is 16.0. The number of nitrogens with one attached hydrogen (secondary N) is 1. The minimum absolute atomic E-state index is 0.0128. The van der Waals surface area contributed by atoms with E-state index in [0.717, 1.165) is 18.4 Å². The summed E-state index contributed by atoms with van der Waals surface area (Å²) in [5, 5.41) is 15.0. The molecule has 3 atom stereocenters. The number of benzene rings is 1. The number of non-ortho nitro benzene ring substituents is 1. The van der Waals surface area contributed by atoms with Gasteiger partial charge in [-0.25, -0.2) is 5.43 Å². The second-order valence-corrected chi connectivity index (χ2v) is 8.03. The molecule has 1 N–H and O–H groups in total. The van der Waals surface area contributed by atoms with Crippen molar-refractivity contribution in [2.24, 2.45) is 22.4 Å². The van der Waals surface area contributed by atoms with Gasteiger partial charge < -0.3 is 4.42 Å². The van der Waals surface area contributed by atoms with Crippen LogP contribution in [0, 0.1) is 34.3 Å². The highest BCUT2D eigenvalue weighted by Crippen LogP contribution is 2.66. The van der Waals surface area contributed by atoms with Crippen LogP contribution in [-0.4, -0.2) is 17.0 Å². The normalized spacial score (nSPS) is 26.1. The van der Waals surface area contributed by atoms with Gasteiger partial charge in [0.05, 0.1) is 11.1 Å². The van der Waals surface area contributed by atoms with Crippen molar-refractivity contribution >= 4 is 17.8 Å². The standard InChI is InChI=1S/C21H23N3O4/c1-13-6-7-14(24(26)27)11-16(13)18-9-8-15(28-18)12-22-23-20(25)19-17-5-3-4-10-21(17,19)2/h6-9,11-12,17,19H,3-5,10H2,1-2H3,(H,23,25)/b22-12-/t17-,19-,21+/m0/s1. The molecule has 146 valence electrons. The average molecular weight is 381 g/mol. The van der Waals surface area contributed by atoms with E-state index in [0.29, 0.717) is 23.0 Å². The van der Waals surface area contributed by atoms with E-state index in [2.05, 4.69) is 17.5 Å². The number of rotatable bonds is 5. The summed E-state index contributed by atoms with van der Waals surface area (Å²) in [7, 11) is 0. The number of furan rings is 1. The molecule has 1 amide bonds. The van der Waals surface area contributed by atoms with Crippen LogP contribution in [0.1, 0.15) is 43.9 Å². The van der Waals surface area contributed by atoms with Crippen LogP contribution in [0.4, 0.5) is 5.69 Å². The van der Waals surface area contributed by atoms with Gasteiger partial charge in [-0.15, -0.1) is 0 Å². The predicted molar refractivity (Wildman–Crippen MR) is 105 cm³/mol. The summed E-state index contributed by atoms with van der Waals surface area (Å²) in [6.45, 7) is 4.07. The van der Waals surface area contributed by atoms with Crippen LogP contribution in [0.3, 0.4) is 0 Å². The van der Waals surface area contributed by atoms with Crippen LogP contribution < -0.4 is 5.43 Å². The lowest BCUT2D eigenvalue weighted by Gasteiger charge is -2.15. The summed E-state index contributed by atoms with van der Waals surface area (Å²) in [5.74, 6) is 1.53. The number of fused-ring (bicyclic) bond motifs is 1. The average Bonchev–Trinajstić information content (AvgIpc) is 3.03. The van der Waals surface area contributed by atoms with Gasteiger partial charge in [0.1, 0.15) is 11.5 Å². The number of hydrazone groups is 1. The molecule has 2 saturated carbocycles. The zero-order valence-electron chi connectivity index (χ0n) is 16.0. The number of nitro benzene ring substituents is 1. The monoisotopic (exact) mass is 381 g/mol. The molecule has 0 saturated heterocycles. The largest absolute Gasteiger partial charge is 0.455 e. The predicted octanol–water partition coefficient (Wildman–Crippen LogP) is 4.44. The molecule has 0 bridgehead atoms. The number of carbonyl (C=O) groups is 1. The van der Waals surface area contributed by atoms with Crippen molar-refractivity contribution in [2.75, 3.05) is 0 Å². The van der Waals surface area contributed by atoms with Gasteiger partial charge in [0.15, 0.2) is 0 Å². The van der Waals surface area contributed by atoms with Crippen molar-refractivity contribution in [1.82, 2.24) is 5.43 Å². The zero-order chi connectivity index (χ0) is 19.9. The summed E-state index contributed by atoms with van der Waals surface area (Å²) < 4.78 is 5.73. The Bertz CT molecular complexity index is 964. The van der Waals surface area contributed by atoms with Crippen LogP contribution in [-0.2, 0) is 4.79 Å². The fraction of sp³-hybridized carbons (Fsp3) is 0.429. The summed E-state index contributed by atoms with van der Waals surface area (Å²) >= 11 is 0. The maximum Gasteiger partial charge on any atom is 0.270 e. The van der Waals surface area contributed by atoms with Crippen LogP contribution in [0.25, 0.3) is 11.3 Å². The number of nitro groups is 1. The first-order chi connectivity index (χ1) is 13.4. The number of hydrogen-bond donors (Lipinski definition) is 1. The van der Waals surface area contributed by atoms with Gasteiger partial charge in [-0.05, 0) is 48.8 Å². The molecule has 0 spiro atoms. The molecule has 0 radical (unpaired) electrons. The molecule has 2 aliphatic carbocycles. The number of aryl methyl sites for hydroxylation is 1. The Labute approximate surface area is 163 Å². The molecule has 7 heteroatoms. The maximum absolute atomic E-state index is 12.4. The van der Waals surface area contributed by atoms with Crippen molar-refractivity contribution in [1.29, 1.82) is 0 Å². The lowest BCUT2D eigenvalue weighted by atomic mass is 9.90. The quantitative estimate of drug-likeness (QED) is 0.470. The van der Waals surface area contributed by atoms with Crippen molar-refractivity contribution in [3.63, 3.8) is 0 Å². The molecule has 2 aromatic rings. The third-order valence-corrected chi connectivity index (χ3v) is 6.30. The van der Waals surface area contributed by atoms with E-state index < -0.39 is 4.92 Å². The van der Waals surface area contributed by atoms with Gasteiger partial charge in [-0.1, -0.05) is 25.8 Å². The lowest BCUT2D eigenvalue weighted by Crippen LogP contribution is -2.22. The molecular weight excluding hydrogens is 358 g/mol. The molecule has 28 heavy (non-hydrogen) atoms. The fourth-order valence-electron chi connectivity index (χ4n) is 4.64. The van der Waals surface area contributed by atoms with Crippen LogP contribution >= 0.6 is 0 Å². The van der Waals surface area contributed by atoms with Crippen molar-refractivity contribution in [3.8, 4) is 11.3 Å². The molecule has 2 aliphatic rings. The lowest BCUT2D eigenvalue weighted by molar-refractivity contribution is -0.384. The third-order valence-electron chi connectivity index (χ3n) is 6.30. The van der Waals surface area contributed by atoms with E-state index in [9.17, 15) is 14.9 Å². The van der Waals surface area contributed by atoms with Crippen LogP contribution in [0.2, 0.25) is 0 Å². The Morgan fingerprint density at radius 2 is 2.18 bits per heavy atom. The topological polar surface area (TPSA) is 97.7 Å². The first kappa shape index (κ1) is 18.4. The van der Waals surface area contributed by atoms with E-state index in [1.54, 1.807) is 18.2 Å². The molecule has 1 heterocycles. The SMILES string of the molecule is Cc1ccc([N+](=O)[O-])cc1-c1ccc(/C=N\NC(=O)[C@@H]2[C@@H]3CCCC[C@@]23C)o1. The summed E-state index contributed by atoms with van der Waals surface area (Å²) in [6, 6.07) is 8.12. The smallest absolute Gasteiger partial charge is 0.270 e. The molecule has 2 fully saturated rings. The van der Waals surface area contributed by atoms with Gasteiger partial charge in [0, 0.05) is 23.6 Å². The fourth-order valence-corrected chi connectivity index (χ4v) is 4.64. The Morgan fingerprint density at radius 3 is 2.89 bits per heavy atom. The molecule has 4 rings (SSSR count). The van der Waals surface area contributed by atoms with Crippen molar-refractivity contribution < 1.29 is 14.1 Å². The van der Waals surface area contributed by atoms with Gasteiger partial charge >= 0.3 is 0 Å². The first-order valence-corrected chi connectivity index (χ1v) is 9.58. The molecule has 7 nitrogen and oxygen atoms in total. The number of amides is 1. The Kier molecular flexibility index (Phi) is 4.53. The third kappa shape index (κ3) is 3.21. The van der Waals surface area contributed by atoms with E-state index in [4.69, 9.17) is 4.42 Å². The van der Waals surface area contributed by atoms with Crippen LogP contribution in [0.15, 0.2) is 39.9 Å². The van der Waals surface area contributed by atoms with E-state index in [1.807, 2.05) is 6.92 Å². The van der Waals surface area contributed by atoms with E-state index in [-0.39, 0.29) is 22.9 Å². The highest BCUT2D eigenvalue weighted by Gasteiger charge is 2.64. The maximum atomic E-state index is 12.4. The van der Waals surface area contributed by atoms with Crippen molar-refractivity contribution in [2.45, 2.75) is 39.5 Å². The summed E-state index contributed by atoms with van der Waals surface area (Å²) in [4.78, 5) is 23.0. The van der Waals surface area contributed by atoms with Gasteiger partial charge in [-0.3, -0.25) is 14.9 Å². The minimum Gasteiger partial charge on any atom is -0.455 e. The number of hydrogen-bond acceptors (Lipinski definition) is 5. The van der Waals surface area contributed by atoms with Gasteiger partial charge in [0.25, 0.3) is 5.69 Å². The summed E-state index contributed by atoms with van der Waals surface area (Å²) in [5.41, 5.74) is 4.34. The highest BCUT2D eigenvalue weighted by atomic mass is 16.6. The number of carbonyl (C=O) groups excluding carboxylic acids is 1. The Balaban J connectivity index is 1.42. The van der Waals surface area contributed by atoms with Gasteiger partial charge in [-0.2, -0.15) is 5.10 Å². The molecule has 0 aliphatic heterocycles. The number of nitrogens with zero attached hydrogens (tertiary/aromatic N) is 2. The Hall–Kier alpha value is -2.96. The minimum atomic E-state index is -0.431. The second-order valence-electron chi connectivity index (χ2n) is 8.03. The first-order valence-electron chi connectivity index (χ1n) is 9.58. The van der Waals surface area contributed by atoms with E-state index in [1.165, 1.54) is 31.2 Å². The van der Waals surface area contributed by atoms with E-state index >= 15 is 0 Å². The highest BCUT2D eigenvalue weighted by molar-refractivity contribution is 5.85. The molecule has 1 aromatic carbocycles. The molecular formula is C21H23N3O4. The van der Waals surface area contributed by atoms with Crippen molar-refractivity contribution in [3.05, 3.63) is 51.8 Å².